The van der Waals surface area contributed by atoms with E-state index in [0.717, 1.165) is 11.3 Å². The molecule has 0 aliphatic carbocycles. The topological polar surface area (TPSA) is 50.7 Å². The summed E-state index contributed by atoms with van der Waals surface area (Å²) in [5, 5.41) is 2.68. The Kier molecular flexibility index (Phi) is 7.46. The number of hydrogen-bond acceptors (Lipinski definition) is 3. The fourth-order valence-corrected chi connectivity index (χ4v) is 3.21. The van der Waals surface area contributed by atoms with Crippen molar-refractivity contribution in [3.63, 3.8) is 0 Å². The highest BCUT2D eigenvalue weighted by Crippen LogP contribution is 2.11. The van der Waals surface area contributed by atoms with Crippen molar-refractivity contribution in [3.05, 3.63) is 35.9 Å². The third kappa shape index (κ3) is 6.75. The van der Waals surface area contributed by atoms with Crippen LogP contribution in [-0.2, 0) is 22.5 Å². The van der Waals surface area contributed by atoms with Crippen molar-refractivity contribution in [2.75, 3.05) is 11.6 Å². The highest BCUT2D eigenvalue weighted by atomic mass is 35.5. The summed E-state index contributed by atoms with van der Waals surface area (Å²) in [4.78, 5) is 17.2. The van der Waals surface area contributed by atoms with Crippen LogP contribution < -0.4 is 17.7 Å². The molecule has 4 nitrogen and oxygen atoms in total. The highest BCUT2D eigenvalue weighted by Gasteiger charge is 2.32. The zero-order chi connectivity index (χ0) is 17.8. The first-order chi connectivity index (χ1) is 11.2. The molecule has 1 aliphatic rings. The number of nitrogens with one attached hydrogen (secondary N) is 1. The van der Waals surface area contributed by atoms with Gasteiger partial charge in [-0.05, 0) is 26.3 Å². The number of carbonyl (C=O) groups excluding carboxylic acids is 1. The number of halogens is 2. The van der Waals surface area contributed by atoms with Gasteiger partial charge in [0.15, 0.2) is 0 Å². The van der Waals surface area contributed by atoms with Crippen molar-refractivity contribution in [1.29, 1.82) is 0 Å². The molecule has 1 atom stereocenters. The molecule has 1 aromatic rings. The minimum atomic E-state index is -1.39. The molecule has 1 heterocycles. The predicted octanol–water partition coefficient (Wildman–Crippen LogP) is 0.0323. The van der Waals surface area contributed by atoms with Crippen LogP contribution in [0.15, 0.2) is 35.3 Å². The Balaban J connectivity index is 0.00000312. The summed E-state index contributed by atoms with van der Waals surface area (Å²) in [6.07, 6.45) is -0.329. The molecule has 0 fully saturated rings. The van der Waals surface area contributed by atoms with Crippen molar-refractivity contribution in [3.8, 4) is 0 Å². The number of rotatable bonds is 5. The van der Waals surface area contributed by atoms with Crippen molar-refractivity contribution in [2.24, 2.45) is 4.99 Å². The number of nitrogens with zero attached hydrogens (tertiary/aromatic N) is 1. The largest absolute Gasteiger partial charge is 1.00 e. The lowest BCUT2D eigenvalue weighted by Crippen LogP contribution is -3.00. The summed E-state index contributed by atoms with van der Waals surface area (Å²) in [6, 6.07) is 8.19. The van der Waals surface area contributed by atoms with Crippen LogP contribution >= 0.6 is 11.6 Å². The fraction of sp³-hybridized carbons (Fsp3) is 0.471. The van der Waals surface area contributed by atoms with E-state index >= 15 is 0 Å². The van der Waals surface area contributed by atoms with Gasteiger partial charge in [0, 0.05) is 6.42 Å². The standard InChI is InChI=1S/C17H21ClN2O2S.ClH/c1-17(2,3)22-16(21)20-14(9-12-7-5-4-6-8-12)15-19-13(10-18)11-23-15;/h4-8,14H,9-11H2,1-3H3;1H/t14-;/m0./s1/i14D;. The van der Waals surface area contributed by atoms with E-state index in [9.17, 15) is 4.79 Å². The maximum atomic E-state index is 12.2. The number of ether oxygens (including phenoxy) is 1. The second kappa shape index (κ2) is 9.35. The molecular weight excluding hydrogens is 367 g/mol. The van der Waals surface area contributed by atoms with E-state index in [4.69, 9.17) is 17.7 Å². The lowest BCUT2D eigenvalue weighted by atomic mass is 10.1. The molecule has 0 unspecified atom stereocenters. The SMILES string of the molecule is [2H][C@@](Cc1ccccc1)(NC(=O)OC(C)(C)C)C1=[S+]CC(CCl)=N1.[Cl-]. The minimum Gasteiger partial charge on any atom is -1.00 e. The van der Waals surface area contributed by atoms with E-state index in [1.807, 2.05) is 30.3 Å². The Labute approximate surface area is 159 Å². The number of amides is 1. The number of aliphatic imine (C=N–C) groups is 1. The Morgan fingerprint density at radius 1 is 1.46 bits per heavy atom. The van der Waals surface area contributed by atoms with E-state index < -0.39 is 17.7 Å². The molecule has 2 rings (SSSR count). The van der Waals surface area contributed by atoms with Crippen molar-refractivity contribution >= 4 is 39.7 Å². The van der Waals surface area contributed by atoms with E-state index in [1.165, 1.54) is 11.4 Å². The van der Waals surface area contributed by atoms with Gasteiger partial charge in [-0.3, -0.25) is 0 Å². The monoisotopic (exact) mass is 389 g/mol. The van der Waals surface area contributed by atoms with E-state index in [-0.39, 0.29) is 12.4 Å². The first kappa shape index (κ1) is 19.2. The quantitative estimate of drug-likeness (QED) is 0.438. The average molecular weight is 390 g/mol. The van der Waals surface area contributed by atoms with Gasteiger partial charge < -0.3 is 22.5 Å². The molecule has 1 N–H and O–H groups in total. The maximum Gasteiger partial charge on any atom is 0.408 e. The van der Waals surface area contributed by atoms with Gasteiger partial charge in [0.05, 0.1) is 13.0 Å². The molecule has 1 aliphatic heterocycles. The van der Waals surface area contributed by atoms with Crippen LogP contribution in [0.5, 0.6) is 0 Å². The van der Waals surface area contributed by atoms with Gasteiger partial charge in [0.1, 0.15) is 11.6 Å². The van der Waals surface area contributed by atoms with Crippen LogP contribution in [0.25, 0.3) is 0 Å². The molecule has 1 amide bonds. The van der Waals surface area contributed by atoms with Gasteiger partial charge in [0.2, 0.25) is 17.1 Å². The van der Waals surface area contributed by atoms with Gasteiger partial charge in [-0.2, -0.15) is 4.99 Å². The summed E-state index contributed by atoms with van der Waals surface area (Å²) in [5.74, 6) is 0.967. The summed E-state index contributed by atoms with van der Waals surface area (Å²) in [7, 11) is 0. The Hall–Kier alpha value is -1.17. The first-order valence-corrected chi connectivity index (χ1v) is 8.91. The average Bonchev–Trinajstić information content (AvgIpc) is 2.95. The van der Waals surface area contributed by atoms with Crippen molar-refractivity contribution in [2.45, 2.75) is 38.8 Å². The van der Waals surface area contributed by atoms with Gasteiger partial charge in [-0.15, -0.1) is 11.6 Å². The summed E-state index contributed by atoms with van der Waals surface area (Å²) >= 11 is 7.28. The minimum absolute atomic E-state index is 0. The lowest BCUT2D eigenvalue weighted by molar-refractivity contribution is -0.0000274. The Bertz CT molecular complexity index is 662. The predicted molar refractivity (Wildman–Crippen MR) is 98.7 cm³/mol. The van der Waals surface area contributed by atoms with Crippen LogP contribution in [0.2, 0.25) is 0 Å². The Morgan fingerprint density at radius 2 is 2.12 bits per heavy atom. The molecule has 0 saturated heterocycles. The second-order valence-corrected chi connectivity index (χ2v) is 7.40. The van der Waals surface area contributed by atoms with Crippen molar-refractivity contribution in [1.82, 2.24) is 5.32 Å². The van der Waals surface area contributed by atoms with Gasteiger partial charge in [0.25, 0.3) is 0 Å². The van der Waals surface area contributed by atoms with Gasteiger partial charge >= 0.3 is 11.1 Å². The molecular formula is C17H22Cl2N2O2S. The highest BCUT2D eigenvalue weighted by molar-refractivity contribution is 7.80. The molecule has 0 bridgehead atoms. The van der Waals surface area contributed by atoms with Crippen molar-refractivity contribution < 1.29 is 23.3 Å². The zero-order valence-corrected chi connectivity index (χ0v) is 16.3. The number of benzene rings is 1. The summed E-state index contributed by atoms with van der Waals surface area (Å²) in [5.41, 5.74) is 1.12. The number of hydrogen-bond donors (Lipinski definition) is 1. The lowest BCUT2D eigenvalue weighted by Gasteiger charge is -2.21. The number of carbonyl (C=O) groups is 1. The van der Waals surface area contributed by atoms with Crippen LogP contribution in [0.4, 0.5) is 4.79 Å². The first-order valence-electron chi connectivity index (χ1n) is 7.89. The van der Waals surface area contributed by atoms with Crippen LogP contribution in [0.3, 0.4) is 0 Å². The number of alkyl carbamates (subject to hydrolysis) is 1. The third-order valence-corrected chi connectivity index (χ3v) is 4.32. The summed E-state index contributed by atoms with van der Waals surface area (Å²) < 4.78 is 14.2. The smallest absolute Gasteiger partial charge is 0.408 e. The molecule has 7 heteroatoms. The van der Waals surface area contributed by atoms with Crippen LogP contribution in [0.1, 0.15) is 27.7 Å². The van der Waals surface area contributed by atoms with Gasteiger partial charge in [-0.25, -0.2) is 4.79 Å². The maximum absolute atomic E-state index is 12.2. The normalized spacial score (nSPS) is 16.9. The number of alkyl halides is 1. The van der Waals surface area contributed by atoms with Crippen LogP contribution in [-0.4, -0.2) is 40.0 Å². The third-order valence-electron chi connectivity index (χ3n) is 2.92. The second-order valence-electron chi connectivity index (χ2n) is 6.17. The molecule has 24 heavy (non-hydrogen) atoms. The van der Waals surface area contributed by atoms with E-state index in [0.29, 0.717) is 23.0 Å². The molecule has 132 valence electrons. The molecule has 0 radical (unpaired) electrons. The molecule has 1 aromatic carbocycles. The summed E-state index contributed by atoms with van der Waals surface area (Å²) in [6.45, 7) is 5.36. The van der Waals surface area contributed by atoms with Crippen LogP contribution in [0, 0.1) is 0 Å². The molecule has 0 aromatic heterocycles. The van der Waals surface area contributed by atoms with Gasteiger partial charge in [-0.1, -0.05) is 30.3 Å². The zero-order valence-electron chi connectivity index (χ0n) is 14.9. The van der Waals surface area contributed by atoms with E-state index in [1.54, 1.807) is 20.8 Å². The molecule has 0 saturated carbocycles. The Morgan fingerprint density at radius 3 is 2.67 bits per heavy atom. The fourth-order valence-electron chi connectivity index (χ4n) is 1.98. The molecule has 0 spiro atoms. The van der Waals surface area contributed by atoms with E-state index in [2.05, 4.69) is 10.3 Å².